The quantitative estimate of drug-likeness (QED) is 0.695. The van der Waals surface area contributed by atoms with E-state index in [4.69, 9.17) is 16.3 Å². The molecular weight excluding hydrogens is 262 g/mol. The summed E-state index contributed by atoms with van der Waals surface area (Å²) in [6, 6.07) is 0. The topological polar surface area (TPSA) is 38.3 Å². The Kier molecular flexibility index (Phi) is 7.77. The molecule has 112 valence electrons. The van der Waals surface area contributed by atoms with Gasteiger partial charge in [0.1, 0.15) is 0 Å². The first kappa shape index (κ1) is 16.8. The van der Waals surface area contributed by atoms with Gasteiger partial charge in [-0.15, -0.1) is 11.6 Å². The van der Waals surface area contributed by atoms with Crippen molar-refractivity contribution in [2.75, 3.05) is 19.0 Å². The zero-order valence-corrected chi connectivity index (χ0v) is 13.1. The van der Waals surface area contributed by atoms with Crippen LogP contribution in [0.15, 0.2) is 0 Å². The average molecular weight is 290 g/mol. The number of nitrogens with one attached hydrogen (secondary N) is 1. The highest BCUT2D eigenvalue weighted by atomic mass is 35.5. The highest BCUT2D eigenvalue weighted by molar-refractivity contribution is 6.17. The highest BCUT2D eigenvalue weighted by Gasteiger charge is 2.19. The Morgan fingerprint density at radius 1 is 1.42 bits per heavy atom. The maximum Gasteiger partial charge on any atom is 0.220 e. The molecule has 1 atom stereocenters. The second-order valence-corrected chi connectivity index (χ2v) is 6.64. The Hall–Kier alpha value is -0.280. The first-order valence-electron chi connectivity index (χ1n) is 7.48. The third-order valence-corrected chi connectivity index (χ3v) is 3.99. The van der Waals surface area contributed by atoms with Gasteiger partial charge in [-0.1, -0.05) is 13.8 Å². The summed E-state index contributed by atoms with van der Waals surface area (Å²) in [5.41, 5.74) is 0.131. The molecule has 0 aromatic rings. The van der Waals surface area contributed by atoms with Crippen LogP contribution in [0.4, 0.5) is 0 Å². The lowest BCUT2D eigenvalue weighted by atomic mass is 9.88. The first-order valence-corrected chi connectivity index (χ1v) is 8.01. The largest absolute Gasteiger partial charge is 0.378 e. The van der Waals surface area contributed by atoms with E-state index in [9.17, 15) is 4.79 Å². The minimum absolute atomic E-state index is 0.131. The summed E-state index contributed by atoms with van der Waals surface area (Å²) in [7, 11) is 0. The van der Waals surface area contributed by atoms with Crippen LogP contribution in [0.3, 0.4) is 0 Å². The van der Waals surface area contributed by atoms with Crippen LogP contribution in [0.1, 0.15) is 58.8 Å². The van der Waals surface area contributed by atoms with Crippen molar-refractivity contribution in [3.8, 4) is 0 Å². The van der Waals surface area contributed by atoms with Crippen LogP contribution in [0.5, 0.6) is 0 Å². The third-order valence-electron chi connectivity index (χ3n) is 3.72. The molecule has 0 radical (unpaired) electrons. The Labute approximate surface area is 122 Å². The number of carbonyl (C=O) groups excluding carboxylic acids is 1. The van der Waals surface area contributed by atoms with Gasteiger partial charge in [0.15, 0.2) is 0 Å². The van der Waals surface area contributed by atoms with Gasteiger partial charge < -0.3 is 10.1 Å². The van der Waals surface area contributed by atoms with Gasteiger partial charge in [-0.05, 0) is 43.9 Å². The maximum atomic E-state index is 11.8. The van der Waals surface area contributed by atoms with Crippen LogP contribution in [0.25, 0.3) is 0 Å². The van der Waals surface area contributed by atoms with Gasteiger partial charge in [0.05, 0.1) is 6.10 Å². The number of carbonyl (C=O) groups is 1. The maximum absolute atomic E-state index is 11.8. The summed E-state index contributed by atoms with van der Waals surface area (Å²) in [4.78, 5) is 11.8. The van der Waals surface area contributed by atoms with E-state index in [0.717, 1.165) is 45.3 Å². The molecule has 0 aliphatic carbocycles. The number of halogens is 1. The van der Waals surface area contributed by atoms with Crippen LogP contribution in [0.2, 0.25) is 0 Å². The molecule has 19 heavy (non-hydrogen) atoms. The molecule has 1 rings (SSSR count). The SMILES string of the molecule is CC(C)(CCCCl)CNC(=O)CCC1CCCCO1. The summed E-state index contributed by atoms with van der Waals surface area (Å²) >= 11 is 5.70. The van der Waals surface area contributed by atoms with E-state index in [-0.39, 0.29) is 11.3 Å². The van der Waals surface area contributed by atoms with Crippen LogP contribution in [0, 0.1) is 5.41 Å². The molecule has 1 saturated heterocycles. The molecule has 1 N–H and O–H groups in total. The van der Waals surface area contributed by atoms with E-state index >= 15 is 0 Å². The summed E-state index contributed by atoms with van der Waals surface area (Å²) in [5.74, 6) is 0.837. The van der Waals surface area contributed by atoms with Crippen LogP contribution in [-0.2, 0) is 9.53 Å². The zero-order chi connectivity index (χ0) is 14.1. The molecule has 1 aliphatic rings. The van der Waals surface area contributed by atoms with Crippen LogP contribution in [-0.4, -0.2) is 31.0 Å². The normalized spacial score (nSPS) is 20.3. The molecule has 1 fully saturated rings. The second-order valence-electron chi connectivity index (χ2n) is 6.26. The summed E-state index contributed by atoms with van der Waals surface area (Å²) in [6.45, 7) is 5.93. The number of amides is 1. The van der Waals surface area contributed by atoms with Gasteiger partial charge in [-0.3, -0.25) is 4.79 Å². The monoisotopic (exact) mass is 289 g/mol. The van der Waals surface area contributed by atoms with Crippen molar-refractivity contribution in [3.05, 3.63) is 0 Å². The van der Waals surface area contributed by atoms with Gasteiger partial charge >= 0.3 is 0 Å². The number of rotatable bonds is 8. The highest BCUT2D eigenvalue weighted by Crippen LogP contribution is 2.21. The molecular formula is C15H28ClNO2. The molecule has 0 bridgehead atoms. The third kappa shape index (κ3) is 7.78. The molecule has 0 aromatic carbocycles. The Morgan fingerprint density at radius 2 is 2.21 bits per heavy atom. The summed E-state index contributed by atoms with van der Waals surface area (Å²) < 4.78 is 5.63. The van der Waals surface area contributed by atoms with Crippen LogP contribution < -0.4 is 5.32 Å². The Morgan fingerprint density at radius 3 is 2.84 bits per heavy atom. The second kappa shape index (κ2) is 8.80. The molecule has 4 heteroatoms. The number of ether oxygens (including phenoxy) is 1. The van der Waals surface area contributed by atoms with Gasteiger partial charge in [-0.2, -0.15) is 0 Å². The predicted molar refractivity (Wildman–Crippen MR) is 79.6 cm³/mol. The van der Waals surface area contributed by atoms with Crippen molar-refractivity contribution in [1.29, 1.82) is 0 Å². The van der Waals surface area contributed by atoms with E-state index in [1.807, 2.05) is 0 Å². The van der Waals surface area contributed by atoms with E-state index in [1.54, 1.807) is 0 Å². The standard InChI is InChI=1S/C15H28ClNO2/c1-15(2,9-5-10-16)12-17-14(18)8-7-13-6-3-4-11-19-13/h13H,3-12H2,1-2H3,(H,17,18). The Balaban J connectivity index is 2.12. The molecule has 0 aromatic heterocycles. The van der Waals surface area contributed by atoms with Gasteiger partial charge in [0.2, 0.25) is 5.91 Å². The predicted octanol–water partition coefficient (Wildman–Crippen LogP) is 3.50. The van der Waals surface area contributed by atoms with Crippen molar-refractivity contribution in [2.45, 2.75) is 64.9 Å². The van der Waals surface area contributed by atoms with Crippen molar-refractivity contribution in [3.63, 3.8) is 0 Å². The lowest BCUT2D eigenvalue weighted by molar-refractivity contribution is -0.122. The van der Waals surface area contributed by atoms with E-state index < -0.39 is 0 Å². The summed E-state index contributed by atoms with van der Waals surface area (Å²) in [6.07, 6.45) is 7.28. The van der Waals surface area contributed by atoms with Crippen molar-refractivity contribution < 1.29 is 9.53 Å². The van der Waals surface area contributed by atoms with E-state index in [0.29, 0.717) is 18.4 Å². The van der Waals surface area contributed by atoms with Crippen molar-refractivity contribution in [1.82, 2.24) is 5.32 Å². The molecule has 1 unspecified atom stereocenters. The van der Waals surface area contributed by atoms with E-state index in [2.05, 4.69) is 19.2 Å². The minimum atomic E-state index is 0.131. The minimum Gasteiger partial charge on any atom is -0.378 e. The lowest BCUT2D eigenvalue weighted by Crippen LogP contribution is -2.34. The molecule has 1 heterocycles. The number of hydrogen-bond donors (Lipinski definition) is 1. The van der Waals surface area contributed by atoms with Crippen LogP contribution >= 0.6 is 11.6 Å². The molecule has 3 nitrogen and oxygen atoms in total. The van der Waals surface area contributed by atoms with Gasteiger partial charge in [0, 0.05) is 25.5 Å². The van der Waals surface area contributed by atoms with Crippen molar-refractivity contribution in [2.24, 2.45) is 5.41 Å². The van der Waals surface area contributed by atoms with Gasteiger partial charge in [-0.25, -0.2) is 0 Å². The smallest absolute Gasteiger partial charge is 0.220 e. The Bertz CT molecular complexity index is 263. The average Bonchev–Trinajstić information content (AvgIpc) is 2.42. The summed E-state index contributed by atoms with van der Waals surface area (Å²) in [5, 5.41) is 3.03. The fourth-order valence-electron chi connectivity index (χ4n) is 2.39. The fraction of sp³-hybridized carbons (Fsp3) is 0.933. The molecule has 1 aliphatic heterocycles. The first-order chi connectivity index (χ1) is 9.03. The zero-order valence-electron chi connectivity index (χ0n) is 12.3. The molecule has 0 saturated carbocycles. The molecule has 0 spiro atoms. The number of hydrogen-bond acceptors (Lipinski definition) is 2. The molecule has 1 amide bonds. The fourth-order valence-corrected chi connectivity index (χ4v) is 2.52. The van der Waals surface area contributed by atoms with Gasteiger partial charge in [0.25, 0.3) is 0 Å². The number of alkyl halides is 1. The van der Waals surface area contributed by atoms with E-state index in [1.165, 1.54) is 6.42 Å². The lowest BCUT2D eigenvalue weighted by Gasteiger charge is -2.25. The van der Waals surface area contributed by atoms with Crippen molar-refractivity contribution >= 4 is 17.5 Å².